The van der Waals surface area contributed by atoms with E-state index in [0.29, 0.717) is 0 Å². The van der Waals surface area contributed by atoms with Gasteiger partial charge in [0.1, 0.15) is 24.3 Å². The molecular weight excluding hydrogens is 340 g/mol. The highest BCUT2D eigenvalue weighted by Crippen LogP contribution is 2.28. The lowest BCUT2D eigenvalue weighted by Gasteiger charge is -2.37. The molecule has 27 heavy (non-hydrogen) atoms. The molecule has 0 aromatic carbocycles. The highest BCUT2D eigenvalue weighted by atomic mass is 15.3. The summed E-state index contributed by atoms with van der Waals surface area (Å²) in [5.74, 6) is 2.87. The Kier molecular flexibility index (Phi) is 4.16. The summed E-state index contributed by atoms with van der Waals surface area (Å²) in [6.07, 6.45) is 11.7. The smallest absolute Gasteiger partial charge is 0.158 e. The first-order valence-electron chi connectivity index (χ1n) is 9.53. The van der Waals surface area contributed by atoms with Gasteiger partial charge in [0.05, 0.1) is 0 Å². The first-order chi connectivity index (χ1) is 13.4. The molecule has 0 amide bonds. The molecule has 0 radical (unpaired) electrons. The summed E-state index contributed by atoms with van der Waals surface area (Å²) in [6.45, 7) is 3.69. The average Bonchev–Trinajstić information content (AvgIpc) is 3.29. The third-order valence-corrected chi connectivity index (χ3v) is 5.38. The summed E-state index contributed by atoms with van der Waals surface area (Å²) >= 11 is 0. The first-order valence-corrected chi connectivity index (χ1v) is 9.53. The zero-order valence-electron chi connectivity index (χ0n) is 15.2. The number of rotatable bonds is 3. The van der Waals surface area contributed by atoms with Crippen molar-refractivity contribution in [2.45, 2.75) is 25.7 Å². The van der Waals surface area contributed by atoms with E-state index in [1.165, 1.54) is 24.1 Å². The molecule has 4 heterocycles. The van der Waals surface area contributed by atoms with E-state index in [-0.39, 0.29) is 0 Å². The standard InChI is InChI=1S/C19H22N8/c1-2-5-16-15(4-1)19(23-13-20-16)26-10-8-25(9-11-26)17-12-18(22-14-21-17)27-7-3-6-24-27/h3,6-7,12-14H,1-2,4-5,8-11H2. The van der Waals surface area contributed by atoms with E-state index >= 15 is 0 Å². The van der Waals surface area contributed by atoms with Crippen molar-refractivity contribution in [2.75, 3.05) is 36.0 Å². The normalized spacial score (nSPS) is 17.0. The molecule has 0 N–H and O–H groups in total. The minimum absolute atomic E-state index is 0.789. The van der Waals surface area contributed by atoms with Crippen LogP contribution in [0.3, 0.4) is 0 Å². The van der Waals surface area contributed by atoms with Crippen LogP contribution in [-0.2, 0) is 12.8 Å². The second-order valence-corrected chi connectivity index (χ2v) is 6.99. The Hall–Kier alpha value is -3.03. The van der Waals surface area contributed by atoms with Gasteiger partial charge in [-0.15, -0.1) is 0 Å². The predicted octanol–water partition coefficient (Wildman–Crippen LogP) is 1.66. The van der Waals surface area contributed by atoms with Crippen LogP contribution >= 0.6 is 0 Å². The maximum Gasteiger partial charge on any atom is 0.158 e. The molecule has 1 fully saturated rings. The Balaban J connectivity index is 1.32. The van der Waals surface area contributed by atoms with E-state index in [2.05, 4.69) is 34.8 Å². The molecule has 3 aromatic heterocycles. The lowest BCUT2D eigenvalue weighted by atomic mass is 9.96. The third kappa shape index (κ3) is 3.11. The van der Waals surface area contributed by atoms with Crippen LogP contribution in [0.4, 0.5) is 11.6 Å². The molecule has 0 spiro atoms. The molecule has 0 atom stereocenters. The van der Waals surface area contributed by atoms with Gasteiger partial charge in [-0.05, 0) is 31.7 Å². The Morgan fingerprint density at radius 3 is 2.41 bits per heavy atom. The summed E-state index contributed by atoms with van der Waals surface area (Å²) in [6, 6.07) is 3.89. The zero-order chi connectivity index (χ0) is 18.1. The monoisotopic (exact) mass is 362 g/mol. The van der Waals surface area contributed by atoms with Crippen molar-refractivity contribution in [1.29, 1.82) is 0 Å². The van der Waals surface area contributed by atoms with Gasteiger partial charge in [-0.25, -0.2) is 24.6 Å². The van der Waals surface area contributed by atoms with Crippen LogP contribution < -0.4 is 9.80 Å². The molecule has 0 unspecified atom stereocenters. The number of hydrogen-bond donors (Lipinski definition) is 0. The quantitative estimate of drug-likeness (QED) is 0.701. The van der Waals surface area contributed by atoms with Gasteiger partial charge in [-0.2, -0.15) is 5.10 Å². The summed E-state index contributed by atoms with van der Waals surface area (Å²) in [4.78, 5) is 22.6. The van der Waals surface area contributed by atoms with Gasteiger partial charge in [0.15, 0.2) is 5.82 Å². The van der Waals surface area contributed by atoms with E-state index in [4.69, 9.17) is 0 Å². The Morgan fingerprint density at radius 2 is 1.56 bits per heavy atom. The van der Waals surface area contributed by atoms with Crippen molar-refractivity contribution in [2.24, 2.45) is 0 Å². The second-order valence-electron chi connectivity index (χ2n) is 6.99. The van der Waals surface area contributed by atoms with E-state index in [1.807, 2.05) is 18.3 Å². The fourth-order valence-electron chi connectivity index (χ4n) is 3.96. The highest BCUT2D eigenvalue weighted by molar-refractivity contribution is 5.52. The van der Waals surface area contributed by atoms with Crippen LogP contribution in [0.2, 0.25) is 0 Å². The number of anilines is 2. The number of nitrogens with zero attached hydrogens (tertiary/aromatic N) is 8. The molecule has 0 saturated carbocycles. The van der Waals surface area contributed by atoms with Crippen molar-refractivity contribution in [3.63, 3.8) is 0 Å². The summed E-state index contributed by atoms with van der Waals surface area (Å²) < 4.78 is 1.76. The van der Waals surface area contributed by atoms with Gasteiger partial charge >= 0.3 is 0 Å². The van der Waals surface area contributed by atoms with E-state index in [9.17, 15) is 0 Å². The molecule has 8 heteroatoms. The van der Waals surface area contributed by atoms with Crippen molar-refractivity contribution in [1.82, 2.24) is 29.7 Å². The summed E-state index contributed by atoms with van der Waals surface area (Å²) in [5.41, 5.74) is 2.61. The van der Waals surface area contributed by atoms with E-state index in [1.54, 1.807) is 23.5 Å². The number of hydrogen-bond acceptors (Lipinski definition) is 7. The maximum absolute atomic E-state index is 4.62. The molecule has 5 rings (SSSR count). The molecule has 2 aliphatic rings. The molecule has 8 nitrogen and oxygen atoms in total. The molecule has 3 aromatic rings. The molecule has 138 valence electrons. The van der Waals surface area contributed by atoms with Crippen molar-refractivity contribution in [3.8, 4) is 5.82 Å². The van der Waals surface area contributed by atoms with Crippen LogP contribution in [0, 0.1) is 0 Å². The van der Waals surface area contributed by atoms with Gasteiger partial charge in [0, 0.05) is 55.9 Å². The number of piperazine rings is 1. The average molecular weight is 362 g/mol. The van der Waals surface area contributed by atoms with Crippen molar-refractivity contribution >= 4 is 11.6 Å². The second kappa shape index (κ2) is 6.94. The summed E-state index contributed by atoms with van der Waals surface area (Å²) in [5, 5.41) is 4.25. The molecule has 0 bridgehead atoms. The van der Waals surface area contributed by atoms with Crippen LogP contribution in [0.15, 0.2) is 37.2 Å². The Labute approximate surface area is 157 Å². The lowest BCUT2D eigenvalue weighted by molar-refractivity contribution is 0.619. The third-order valence-electron chi connectivity index (χ3n) is 5.38. The SMILES string of the molecule is c1cnn(-c2cc(N3CCN(c4ncnc5c4CCCC5)CC3)ncn2)c1. The molecule has 1 saturated heterocycles. The van der Waals surface area contributed by atoms with Gasteiger partial charge in [-0.3, -0.25) is 0 Å². The van der Waals surface area contributed by atoms with Gasteiger partial charge < -0.3 is 9.80 Å². The number of aryl methyl sites for hydroxylation is 1. The van der Waals surface area contributed by atoms with Crippen LogP contribution in [0.1, 0.15) is 24.1 Å². The fourth-order valence-corrected chi connectivity index (χ4v) is 3.96. The highest BCUT2D eigenvalue weighted by Gasteiger charge is 2.24. The minimum Gasteiger partial charge on any atom is -0.353 e. The largest absolute Gasteiger partial charge is 0.353 e. The Morgan fingerprint density at radius 1 is 0.778 bits per heavy atom. The number of aromatic nitrogens is 6. The fraction of sp³-hybridized carbons (Fsp3) is 0.421. The predicted molar refractivity (Wildman–Crippen MR) is 102 cm³/mol. The molecular formula is C19H22N8. The zero-order valence-corrected chi connectivity index (χ0v) is 15.2. The lowest BCUT2D eigenvalue weighted by Crippen LogP contribution is -2.47. The van der Waals surface area contributed by atoms with Crippen LogP contribution in [0.5, 0.6) is 0 Å². The van der Waals surface area contributed by atoms with Gasteiger partial charge in [-0.1, -0.05) is 0 Å². The topological polar surface area (TPSA) is 75.9 Å². The van der Waals surface area contributed by atoms with Crippen LogP contribution in [-0.4, -0.2) is 55.9 Å². The van der Waals surface area contributed by atoms with Crippen molar-refractivity contribution < 1.29 is 0 Å². The van der Waals surface area contributed by atoms with Gasteiger partial charge in [0.25, 0.3) is 0 Å². The summed E-state index contributed by atoms with van der Waals surface area (Å²) in [7, 11) is 0. The van der Waals surface area contributed by atoms with Crippen LogP contribution in [0.25, 0.3) is 5.82 Å². The number of fused-ring (bicyclic) bond motifs is 1. The minimum atomic E-state index is 0.789. The molecule has 1 aliphatic carbocycles. The van der Waals surface area contributed by atoms with Gasteiger partial charge in [0.2, 0.25) is 0 Å². The maximum atomic E-state index is 4.62. The molecule has 1 aliphatic heterocycles. The first kappa shape index (κ1) is 16.2. The Bertz CT molecular complexity index is 915. The van der Waals surface area contributed by atoms with E-state index < -0.39 is 0 Å². The van der Waals surface area contributed by atoms with E-state index in [0.717, 1.165) is 56.5 Å². The van der Waals surface area contributed by atoms with Crippen molar-refractivity contribution in [3.05, 3.63) is 48.4 Å².